The van der Waals surface area contributed by atoms with Crippen LogP contribution in [0.1, 0.15) is 31.9 Å². The van der Waals surface area contributed by atoms with Crippen LogP contribution in [0.5, 0.6) is 0 Å². The lowest BCUT2D eigenvalue weighted by atomic mass is 10.1. The summed E-state index contributed by atoms with van der Waals surface area (Å²) in [6.45, 7) is 15.7. The van der Waals surface area contributed by atoms with Crippen LogP contribution in [0.25, 0.3) is 0 Å². The van der Waals surface area contributed by atoms with Crippen LogP contribution >= 0.6 is 0 Å². The third-order valence-electron chi connectivity index (χ3n) is 5.23. The molecule has 0 saturated carbocycles. The van der Waals surface area contributed by atoms with Crippen LogP contribution < -0.4 is 0 Å². The third-order valence-corrected chi connectivity index (χ3v) is 11.2. The van der Waals surface area contributed by atoms with Gasteiger partial charge in [-0.25, -0.2) is 8.42 Å². The molecule has 0 aliphatic rings. The number of esters is 1. The van der Waals surface area contributed by atoms with Gasteiger partial charge in [0, 0.05) is 12.0 Å². The van der Waals surface area contributed by atoms with Crippen LogP contribution in [0.15, 0.2) is 36.3 Å². The van der Waals surface area contributed by atoms with Gasteiger partial charge in [-0.3, -0.25) is 4.79 Å². The van der Waals surface area contributed by atoms with E-state index in [0.717, 1.165) is 20.8 Å². The largest absolute Gasteiger partial charge is 0.468 e. The second kappa shape index (κ2) is 9.34. The highest BCUT2D eigenvalue weighted by molar-refractivity contribution is 7.92. The van der Waals surface area contributed by atoms with Crippen molar-refractivity contribution in [2.75, 3.05) is 13.7 Å². The van der Waals surface area contributed by atoms with E-state index in [1.807, 2.05) is 44.3 Å². The standard InChI is InChI=1S/C20H33NO5SSi/c1-9-27(23,24)21(14-17-12-10-16(2)11-13-17)18(19(22)25-6)15-26-28(7,8)20(3,4)5/h9-13,18H,1,14-15H2,2-8H3. The SMILES string of the molecule is C=CS(=O)(=O)N(Cc1ccc(C)cc1)C(CO[Si](C)(C)C(C)(C)C)C(=O)OC. The van der Waals surface area contributed by atoms with Gasteiger partial charge < -0.3 is 9.16 Å². The molecule has 28 heavy (non-hydrogen) atoms. The predicted octanol–water partition coefficient (Wildman–Crippen LogP) is 3.83. The van der Waals surface area contributed by atoms with E-state index in [-0.39, 0.29) is 18.2 Å². The van der Waals surface area contributed by atoms with Crippen LogP contribution in [0.2, 0.25) is 18.1 Å². The number of hydrogen-bond acceptors (Lipinski definition) is 5. The van der Waals surface area contributed by atoms with Crippen LogP contribution in [0, 0.1) is 6.92 Å². The fourth-order valence-corrected chi connectivity index (χ4v) is 4.28. The zero-order valence-corrected chi connectivity index (χ0v) is 19.8. The van der Waals surface area contributed by atoms with Crippen molar-refractivity contribution in [2.24, 2.45) is 0 Å². The minimum absolute atomic E-state index is 0.0231. The fraction of sp³-hybridized carbons (Fsp3) is 0.550. The van der Waals surface area contributed by atoms with Crippen molar-refractivity contribution < 1.29 is 22.4 Å². The molecule has 0 saturated heterocycles. The maximum absolute atomic E-state index is 12.7. The average Bonchev–Trinajstić information content (AvgIpc) is 2.61. The van der Waals surface area contributed by atoms with Gasteiger partial charge in [0.25, 0.3) is 0 Å². The fourth-order valence-electron chi connectivity index (χ4n) is 2.26. The van der Waals surface area contributed by atoms with Crippen LogP contribution in [0.3, 0.4) is 0 Å². The number of hydrogen-bond donors (Lipinski definition) is 0. The van der Waals surface area contributed by atoms with E-state index in [9.17, 15) is 13.2 Å². The molecule has 0 bridgehead atoms. The molecule has 1 aromatic carbocycles. The number of sulfonamides is 1. The molecule has 1 aromatic rings. The summed E-state index contributed by atoms with van der Waals surface area (Å²) in [5, 5.41) is 0.774. The van der Waals surface area contributed by atoms with E-state index >= 15 is 0 Å². The van der Waals surface area contributed by atoms with Gasteiger partial charge in [0.1, 0.15) is 6.04 Å². The summed E-state index contributed by atoms with van der Waals surface area (Å²) < 4.78 is 37.6. The number of rotatable bonds is 9. The van der Waals surface area contributed by atoms with E-state index in [2.05, 4.69) is 27.4 Å². The second-order valence-corrected chi connectivity index (χ2v) is 15.0. The van der Waals surface area contributed by atoms with Gasteiger partial charge in [-0.1, -0.05) is 57.2 Å². The molecule has 1 atom stereocenters. The van der Waals surface area contributed by atoms with Gasteiger partial charge in [0.05, 0.1) is 13.7 Å². The highest BCUT2D eigenvalue weighted by atomic mass is 32.2. The molecule has 0 spiro atoms. The van der Waals surface area contributed by atoms with Crippen LogP contribution in [-0.2, 0) is 30.5 Å². The van der Waals surface area contributed by atoms with Crippen molar-refractivity contribution in [3.8, 4) is 0 Å². The lowest BCUT2D eigenvalue weighted by Crippen LogP contribution is -2.50. The number of carbonyl (C=O) groups excluding carboxylic acids is 1. The van der Waals surface area contributed by atoms with Crippen molar-refractivity contribution in [3.63, 3.8) is 0 Å². The van der Waals surface area contributed by atoms with Gasteiger partial charge >= 0.3 is 5.97 Å². The summed E-state index contributed by atoms with van der Waals surface area (Å²) in [5.74, 6) is -0.656. The first-order valence-corrected chi connectivity index (χ1v) is 13.6. The van der Waals surface area contributed by atoms with E-state index < -0.39 is 30.4 Å². The Morgan fingerprint density at radius 3 is 2.21 bits per heavy atom. The Hall–Kier alpha value is -1.48. The van der Waals surface area contributed by atoms with E-state index in [1.54, 1.807) is 0 Å². The molecular weight excluding hydrogens is 394 g/mol. The number of benzene rings is 1. The lowest BCUT2D eigenvalue weighted by molar-refractivity contribution is -0.146. The van der Waals surface area contributed by atoms with Crippen LogP contribution in [-0.4, -0.2) is 46.8 Å². The predicted molar refractivity (Wildman–Crippen MR) is 115 cm³/mol. The number of nitrogens with zero attached hydrogens (tertiary/aromatic N) is 1. The molecule has 158 valence electrons. The molecule has 0 fully saturated rings. The zero-order chi connectivity index (χ0) is 21.8. The zero-order valence-electron chi connectivity index (χ0n) is 18.0. The number of ether oxygens (including phenoxy) is 1. The third kappa shape index (κ3) is 6.27. The Morgan fingerprint density at radius 2 is 1.79 bits per heavy atom. The number of carbonyl (C=O) groups is 1. The Morgan fingerprint density at radius 1 is 1.25 bits per heavy atom. The highest BCUT2D eigenvalue weighted by Crippen LogP contribution is 2.36. The van der Waals surface area contributed by atoms with Crippen molar-refractivity contribution >= 4 is 24.3 Å². The van der Waals surface area contributed by atoms with Gasteiger partial charge in [0.15, 0.2) is 8.32 Å². The van der Waals surface area contributed by atoms with E-state index in [4.69, 9.17) is 9.16 Å². The summed E-state index contributed by atoms with van der Waals surface area (Å²) in [7, 11) is -4.85. The smallest absolute Gasteiger partial charge is 0.326 e. The maximum atomic E-state index is 12.7. The molecule has 1 rings (SSSR count). The first-order valence-electron chi connectivity index (χ1n) is 9.17. The van der Waals surface area contributed by atoms with Crippen molar-refractivity contribution in [1.82, 2.24) is 4.31 Å². The molecule has 0 amide bonds. The molecule has 0 aliphatic carbocycles. The van der Waals surface area contributed by atoms with Gasteiger partial charge in [-0.2, -0.15) is 4.31 Å². The van der Waals surface area contributed by atoms with E-state index in [0.29, 0.717) is 0 Å². The molecule has 0 heterocycles. The summed E-state index contributed by atoms with van der Waals surface area (Å²) in [6, 6.07) is 6.37. The van der Waals surface area contributed by atoms with Gasteiger partial charge in [-0.05, 0) is 30.6 Å². The highest BCUT2D eigenvalue weighted by Gasteiger charge is 2.41. The minimum Gasteiger partial charge on any atom is -0.468 e. The molecular formula is C20H33NO5SSi. The van der Waals surface area contributed by atoms with Crippen molar-refractivity contribution in [1.29, 1.82) is 0 Å². The summed E-state index contributed by atoms with van der Waals surface area (Å²) >= 11 is 0. The molecule has 0 aromatic heterocycles. The van der Waals surface area contributed by atoms with E-state index in [1.165, 1.54) is 7.11 Å². The first kappa shape index (κ1) is 24.6. The molecule has 6 nitrogen and oxygen atoms in total. The summed E-state index contributed by atoms with van der Waals surface area (Å²) in [5.41, 5.74) is 1.82. The first-order chi connectivity index (χ1) is 12.7. The lowest BCUT2D eigenvalue weighted by Gasteiger charge is -2.38. The number of aryl methyl sites for hydroxylation is 1. The Kier molecular flexibility index (Phi) is 8.19. The number of methoxy groups -OCH3 is 1. The second-order valence-electron chi connectivity index (χ2n) is 8.35. The minimum atomic E-state index is -3.89. The molecule has 0 radical (unpaired) electrons. The van der Waals surface area contributed by atoms with Crippen LogP contribution in [0.4, 0.5) is 0 Å². The Balaban J connectivity index is 3.26. The molecule has 1 unspecified atom stereocenters. The quantitative estimate of drug-likeness (QED) is 0.442. The molecule has 0 N–H and O–H groups in total. The Labute approximate surface area is 170 Å². The van der Waals surface area contributed by atoms with Gasteiger partial charge in [0.2, 0.25) is 10.0 Å². The molecule has 8 heteroatoms. The monoisotopic (exact) mass is 427 g/mol. The normalized spacial score (nSPS) is 14.0. The van der Waals surface area contributed by atoms with Crippen molar-refractivity contribution in [2.45, 2.75) is 58.4 Å². The Bertz CT molecular complexity index is 782. The summed E-state index contributed by atoms with van der Waals surface area (Å²) in [6.07, 6.45) is 0. The summed E-state index contributed by atoms with van der Waals surface area (Å²) in [4.78, 5) is 12.5. The maximum Gasteiger partial charge on any atom is 0.326 e. The topological polar surface area (TPSA) is 72.9 Å². The molecule has 0 aliphatic heterocycles. The average molecular weight is 428 g/mol. The van der Waals surface area contributed by atoms with Crippen molar-refractivity contribution in [3.05, 3.63) is 47.4 Å². The van der Waals surface area contributed by atoms with Gasteiger partial charge in [-0.15, -0.1) is 0 Å².